The van der Waals surface area contributed by atoms with E-state index in [1.807, 2.05) is 24.3 Å². The number of piperidine rings is 1. The van der Waals surface area contributed by atoms with E-state index < -0.39 is 0 Å². The number of nitrogens with zero attached hydrogens (tertiary/aromatic N) is 1. The summed E-state index contributed by atoms with van der Waals surface area (Å²) in [7, 11) is 0. The summed E-state index contributed by atoms with van der Waals surface area (Å²) in [6, 6.07) is 7.95. The smallest absolute Gasteiger partial charge is 0.173 e. The maximum Gasteiger partial charge on any atom is 0.173 e. The zero-order valence-electron chi connectivity index (χ0n) is 10.1. The molecule has 5 heteroatoms. The van der Waals surface area contributed by atoms with Crippen molar-refractivity contribution in [1.82, 2.24) is 4.90 Å². The Morgan fingerprint density at radius 3 is 3.11 bits per heavy atom. The number of thiocarbonyl (C=S) groups is 1. The van der Waals surface area contributed by atoms with Crippen molar-refractivity contribution in [3.8, 4) is 0 Å². The number of aliphatic hydroxyl groups excluding tert-OH is 1. The monoisotopic (exact) mass is 328 g/mol. The fourth-order valence-electron chi connectivity index (χ4n) is 2.17. The molecule has 2 rings (SSSR count). The summed E-state index contributed by atoms with van der Waals surface area (Å²) in [6.07, 6.45) is 2.18. The van der Waals surface area contributed by atoms with E-state index in [9.17, 15) is 5.11 Å². The molecule has 1 saturated heterocycles. The van der Waals surface area contributed by atoms with Crippen LogP contribution in [-0.4, -0.2) is 34.8 Å². The Morgan fingerprint density at radius 1 is 1.56 bits per heavy atom. The third-order valence-electron chi connectivity index (χ3n) is 3.14. The normalized spacial score (nSPS) is 19.7. The van der Waals surface area contributed by atoms with Crippen LogP contribution in [0.4, 0.5) is 5.69 Å². The van der Waals surface area contributed by atoms with Crippen LogP contribution in [0.25, 0.3) is 0 Å². The molecular weight excluding hydrogens is 312 g/mol. The van der Waals surface area contributed by atoms with Crippen LogP contribution in [0.15, 0.2) is 28.7 Å². The molecule has 0 amide bonds. The van der Waals surface area contributed by atoms with Crippen LogP contribution in [0.3, 0.4) is 0 Å². The molecule has 1 aromatic rings. The van der Waals surface area contributed by atoms with E-state index in [0.29, 0.717) is 5.92 Å². The summed E-state index contributed by atoms with van der Waals surface area (Å²) in [5.41, 5.74) is 0.987. The molecule has 1 atom stereocenters. The van der Waals surface area contributed by atoms with E-state index >= 15 is 0 Å². The quantitative estimate of drug-likeness (QED) is 0.818. The molecule has 0 unspecified atom stereocenters. The first-order valence-electron chi connectivity index (χ1n) is 6.11. The second-order valence-corrected chi connectivity index (χ2v) is 5.88. The number of aliphatic hydroxyl groups is 1. The number of halogens is 1. The lowest BCUT2D eigenvalue weighted by Crippen LogP contribution is -2.43. The Kier molecular flexibility index (Phi) is 4.97. The molecule has 0 aliphatic carbocycles. The molecule has 3 nitrogen and oxygen atoms in total. The van der Waals surface area contributed by atoms with E-state index in [4.69, 9.17) is 12.2 Å². The number of benzene rings is 1. The minimum Gasteiger partial charge on any atom is -0.396 e. The van der Waals surface area contributed by atoms with Gasteiger partial charge in [0.2, 0.25) is 0 Å². The van der Waals surface area contributed by atoms with Crippen LogP contribution >= 0.6 is 28.1 Å². The minimum absolute atomic E-state index is 0.246. The standard InChI is InChI=1S/C13H17BrN2OS/c14-11-4-1-5-12(7-11)15-13(18)16-6-2-3-10(8-16)9-17/h1,4-5,7,10,17H,2-3,6,8-9H2,(H,15,18)/t10-/m1/s1. The van der Waals surface area contributed by atoms with Gasteiger partial charge in [0.25, 0.3) is 0 Å². The van der Waals surface area contributed by atoms with Gasteiger partial charge in [-0.15, -0.1) is 0 Å². The summed E-state index contributed by atoms with van der Waals surface area (Å²) in [6.45, 7) is 2.06. The molecule has 0 radical (unpaired) electrons. The van der Waals surface area contributed by atoms with Gasteiger partial charge in [0.15, 0.2) is 5.11 Å². The van der Waals surface area contributed by atoms with Crippen molar-refractivity contribution in [1.29, 1.82) is 0 Å². The Balaban J connectivity index is 1.95. The molecule has 0 spiro atoms. The van der Waals surface area contributed by atoms with Crippen LogP contribution in [0.5, 0.6) is 0 Å². The van der Waals surface area contributed by atoms with Gasteiger partial charge in [0.1, 0.15) is 0 Å². The summed E-state index contributed by atoms with van der Waals surface area (Å²) in [4.78, 5) is 2.14. The highest BCUT2D eigenvalue weighted by Gasteiger charge is 2.20. The fourth-order valence-corrected chi connectivity index (χ4v) is 2.85. The Labute approximate surface area is 121 Å². The van der Waals surface area contributed by atoms with Crippen molar-refractivity contribution in [2.24, 2.45) is 5.92 Å². The van der Waals surface area contributed by atoms with E-state index in [-0.39, 0.29) is 6.61 Å². The SMILES string of the molecule is OC[C@@H]1CCCN(C(=S)Nc2cccc(Br)c2)C1. The maximum atomic E-state index is 9.22. The van der Waals surface area contributed by atoms with E-state index in [0.717, 1.165) is 41.2 Å². The van der Waals surface area contributed by atoms with Crippen LogP contribution in [0.2, 0.25) is 0 Å². The topological polar surface area (TPSA) is 35.5 Å². The first-order valence-corrected chi connectivity index (χ1v) is 7.31. The molecule has 1 fully saturated rings. The van der Waals surface area contributed by atoms with Crippen molar-refractivity contribution in [2.75, 3.05) is 25.0 Å². The van der Waals surface area contributed by atoms with Crippen molar-refractivity contribution in [3.63, 3.8) is 0 Å². The van der Waals surface area contributed by atoms with E-state index in [1.165, 1.54) is 0 Å². The predicted octanol–water partition coefficient (Wildman–Crippen LogP) is 2.85. The van der Waals surface area contributed by atoms with Crippen LogP contribution in [-0.2, 0) is 0 Å². The van der Waals surface area contributed by atoms with Crippen molar-refractivity contribution in [2.45, 2.75) is 12.8 Å². The predicted molar refractivity (Wildman–Crippen MR) is 81.7 cm³/mol. The summed E-state index contributed by atoms with van der Waals surface area (Å²) in [5.74, 6) is 0.348. The fraction of sp³-hybridized carbons (Fsp3) is 0.462. The molecule has 18 heavy (non-hydrogen) atoms. The number of hydrogen-bond acceptors (Lipinski definition) is 2. The number of nitrogens with one attached hydrogen (secondary N) is 1. The zero-order valence-corrected chi connectivity index (χ0v) is 12.5. The lowest BCUT2D eigenvalue weighted by Gasteiger charge is -2.33. The Hall–Kier alpha value is -0.650. The Morgan fingerprint density at radius 2 is 2.39 bits per heavy atom. The average Bonchev–Trinajstić information content (AvgIpc) is 2.39. The number of anilines is 1. The molecule has 0 bridgehead atoms. The summed E-state index contributed by atoms with van der Waals surface area (Å²) >= 11 is 8.86. The van der Waals surface area contributed by atoms with Gasteiger partial charge in [-0.2, -0.15) is 0 Å². The number of rotatable bonds is 2. The molecule has 0 aromatic heterocycles. The molecule has 0 saturated carbocycles. The van der Waals surface area contributed by atoms with Gasteiger partial charge >= 0.3 is 0 Å². The molecule has 1 heterocycles. The van der Waals surface area contributed by atoms with Crippen LogP contribution in [0.1, 0.15) is 12.8 Å². The maximum absolute atomic E-state index is 9.22. The molecular formula is C13H17BrN2OS. The van der Waals surface area contributed by atoms with Gasteiger partial charge in [-0.25, -0.2) is 0 Å². The Bertz CT molecular complexity index is 427. The second-order valence-electron chi connectivity index (χ2n) is 4.58. The number of hydrogen-bond donors (Lipinski definition) is 2. The molecule has 1 aromatic carbocycles. The molecule has 2 N–H and O–H groups in total. The van der Waals surface area contributed by atoms with Crippen LogP contribution in [0, 0.1) is 5.92 Å². The van der Waals surface area contributed by atoms with Gasteiger partial charge in [0, 0.05) is 29.9 Å². The highest BCUT2D eigenvalue weighted by atomic mass is 79.9. The van der Waals surface area contributed by atoms with Gasteiger partial charge < -0.3 is 15.3 Å². The van der Waals surface area contributed by atoms with E-state index in [1.54, 1.807) is 0 Å². The lowest BCUT2D eigenvalue weighted by atomic mass is 9.99. The van der Waals surface area contributed by atoms with Crippen molar-refractivity contribution >= 4 is 38.9 Å². The van der Waals surface area contributed by atoms with Crippen LogP contribution < -0.4 is 5.32 Å². The third kappa shape index (κ3) is 3.67. The molecule has 1 aliphatic rings. The molecule has 1 aliphatic heterocycles. The zero-order chi connectivity index (χ0) is 13.0. The lowest BCUT2D eigenvalue weighted by molar-refractivity contribution is 0.162. The summed E-state index contributed by atoms with van der Waals surface area (Å²) < 4.78 is 1.03. The largest absolute Gasteiger partial charge is 0.396 e. The third-order valence-corrected chi connectivity index (χ3v) is 3.99. The highest BCUT2D eigenvalue weighted by molar-refractivity contribution is 9.10. The van der Waals surface area contributed by atoms with Gasteiger partial charge in [-0.1, -0.05) is 22.0 Å². The van der Waals surface area contributed by atoms with Crippen molar-refractivity contribution in [3.05, 3.63) is 28.7 Å². The first-order chi connectivity index (χ1) is 8.69. The summed E-state index contributed by atoms with van der Waals surface area (Å²) in [5, 5.41) is 13.2. The average molecular weight is 329 g/mol. The van der Waals surface area contributed by atoms with E-state index in [2.05, 4.69) is 26.1 Å². The molecule has 98 valence electrons. The number of likely N-dealkylation sites (tertiary alicyclic amines) is 1. The first kappa shape index (κ1) is 13.8. The van der Waals surface area contributed by atoms with Crippen molar-refractivity contribution < 1.29 is 5.11 Å². The van der Waals surface area contributed by atoms with Gasteiger partial charge in [0.05, 0.1) is 0 Å². The van der Waals surface area contributed by atoms with Gasteiger partial charge in [-0.3, -0.25) is 0 Å². The minimum atomic E-state index is 0.246. The highest BCUT2D eigenvalue weighted by Crippen LogP contribution is 2.19. The van der Waals surface area contributed by atoms with Gasteiger partial charge in [-0.05, 0) is 49.2 Å². The second kappa shape index (κ2) is 6.50.